The fraction of sp³-hybridized carbons (Fsp3) is 0.125. The van der Waals surface area contributed by atoms with Gasteiger partial charge in [0.2, 0.25) is 0 Å². The third-order valence-electron chi connectivity index (χ3n) is 1.23. The van der Waals surface area contributed by atoms with E-state index in [1.54, 1.807) is 24.3 Å². The standard InChI is InChI=1S/C8H6Cl3N/c9-5-1-2-6-3-4-7(10)12-8(6)11/h1-4H,5H2. The molecule has 0 unspecified atom stereocenters. The first-order valence-electron chi connectivity index (χ1n) is 3.28. The molecular formula is C8H6Cl3N. The number of allylic oxidation sites excluding steroid dienone is 1. The molecule has 0 amide bonds. The second-order valence-electron chi connectivity index (χ2n) is 2.07. The third kappa shape index (κ3) is 2.67. The van der Waals surface area contributed by atoms with Gasteiger partial charge in [0.25, 0.3) is 0 Å². The number of aromatic nitrogens is 1. The highest BCUT2D eigenvalue weighted by Gasteiger charge is 1.97. The Morgan fingerprint density at radius 2 is 2.08 bits per heavy atom. The van der Waals surface area contributed by atoms with Crippen LogP contribution >= 0.6 is 34.8 Å². The van der Waals surface area contributed by atoms with Crippen molar-refractivity contribution in [2.24, 2.45) is 0 Å². The molecule has 0 saturated heterocycles. The number of halogens is 3. The lowest BCUT2D eigenvalue weighted by Gasteiger charge is -1.96. The van der Waals surface area contributed by atoms with E-state index in [2.05, 4.69) is 4.98 Å². The van der Waals surface area contributed by atoms with Crippen molar-refractivity contribution in [3.8, 4) is 0 Å². The minimum absolute atomic E-state index is 0.392. The fourth-order valence-corrected chi connectivity index (χ4v) is 1.22. The first-order valence-corrected chi connectivity index (χ1v) is 4.57. The number of alkyl halides is 1. The van der Waals surface area contributed by atoms with E-state index in [-0.39, 0.29) is 0 Å². The summed E-state index contributed by atoms with van der Waals surface area (Å²) in [7, 11) is 0. The molecule has 0 aliphatic carbocycles. The minimum atomic E-state index is 0.392. The maximum absolute atomic E-state index is 5.78. The fourth-order valence-electron chi connectivity index (χ4n) is 0.719. The molecule has 0 fully saturated rings. The summed E-state index contributed by atoms with van der Waals surface area (Å²) in [5.41, 5.74) is 0.821. The van der Waals surface area contributed by atoms with Gasteiger partial charge in [-0.25, -0.2) is 4.98 Å². The Labute approximate surface area is 86.0 Å². The highest BCUT2D eigenvalue weighted by atomic mass is 35.5. The van der Waals surface area contributed by atoms with Crippen molar-refractivity contribution in [1.82, 2.24) is 4.98 Å². The monoisotopic (exact) mass is 221 g/mol. The average Bonchev–Trinajstić information content (AvgIpc) is 2.03. The zero-order valence-electron chi connectivity index (χ0n) is 6.10. The summed E-state index contributed by atoms with van der Waals surface area (Å²) >= 11 is 16.8. The van der Waals surface area contributed by atoms with Gasteiger partial charge in [-0.2, -0.15) is 0 Å². The van der Waals surface area contributed by atoms with Crippen molar-refractivity contribution < 1.29 is 0 Å². The van der Waals surface area contributed by atoms with E-state index in [0.717, 1.165) is 5.56 Å². The Bertz CT molecular complexity index is 296. The van der Waals surface area contributed by atoms with Crippen LogP contribution in [0.25, 0.3) is 6.08 Å². The molecule has 1 nitrogen and oxygen atoms in total. The van der Waals surface area contributed by atoms with Crippen LogP contribution in [0.5, 0.6) is 0 Å². The average molecular weight is 223 g/mol. The van der Waals surface area contributed by atoms with Crippen LogP contribution in [0, 0.1) is 0 Å². The van der Waals surface area contributed by atoms with Crippen molar-refractivity contribution in [3.63, 3.8) is 0 Å². The molecule has 1 aromatic heterocycles. The Morgan fingerprint density at radius 1 is 1.33 bits per heavy atom. The smallest absolute Gasteiger partial charge is 0.138 e. The molecule has 1 heterocycles. The van der Waals surface area contributed by atoms with Crippen molar-refractivity contribution in [3.05, 3.63) is 34.1 Å². The number of nitrogens with zero attached hydrogens (tertiary/aromatic N) is 1. The van der Waals surface area contributed by atoms with Crippen LogP contribution < -0.4 is 0 Å². The molecule has 4 heteroatoms. The molecule has 0 radical (unpaired) electrons. The minimum Gasteiger partial charge on any atom is -0.224 e. The molecule has 1 aromatic rings. The number of hydrogen-bond acceptors (Lipinski definition) is 1. The first-order chi connectivity index (χ1) is 5.74. The number of hydrogen-bond donors (Lipinski definition) is 0. The van der Waals surface area contributed by atoms with Crippen LogP contribution in [0.4, 0.5) is 0 Å². The number of rotatable bonds is 2. The van der Waals surface area contributed by atoms with Crippen molar-refractivity contribution in [2.45, 2.75) is 0 Å². The van der Waals surface area contributed by atoms with Crippen LogP contribution in [0.2, 0.25) is 10.3 Å². The molecule has 0 bridgehead atoms. The van der Waals surface area contributed by atoms with Gasteiger partial charge >= 0.3 is 0 Å². The van der Waals surface area contributed by atoms with Crippen LogP contribution in [0.1, 0.15) is 5.56 Å². The highest BCUT2D eigenvalue weighted by molar-refractivity contribution is 6.33. The van der Waals surface area contributed by atoms with E-state index in [1.165, 1.54) is 0 Å². The van der Waals surface area contributed by atoms with Gasteiger partial charge < -0.3 is 0 Å². The summed E-state index contributed by atoms with van der Waals surface area (Å²) in [5.74, 6) is 0.457. The molecule has 0 N–H and O–H groups in total. The molecule has 64 valence electrons. The molecule has 0 aliphatic heterocycles. The van der Waals surface area contributed by atoms with E-state index in [0.29, 0.717) is 16.2 Å². The maximum Gasteiger partial charge on any atom is 0.138 e. The van der Waals surface area contributed by atoms with Crippen molar-refractivity contribution in [1.29, 1.82) is 0 Å². The SMILES string of the molecule is ClCC=Cc1ccc(Cl)nc1Cl. The molecule has 0 spiro atoms. The van der Waals surface area contributed by atoms with Gasteiger partial charge in [0.15, 0.2) is 0 Å². The molecule has 0 aromatic carbocycles. The topological polar surface area (TPSA) is 12.9 Å². The van der Waals surface area contributed by atoms with Gasteiger partial charge in [-0.15, -0.1) is 11.6 Å². The Morgan fingerprint density at radius 3 is 2.67 bits per heavy atom. The predicted molar refractivity (Wildman–Crippen MR) is 54.0 cm³/mol. The van der Waals surface area contributed by atoms with Gasteiger partial charge in [-0.3, -0.25) is 0 Å². The zero-order chi connectivity index (χ0) is 8.97. The maximum atomic E-state index is 5.78. The van der Waals surface area contributed by atoms with Crippen molar-refractivity contribution >= 4 is 40.9 Å². The van der Waals surface area contributed by atoms with Gasteiger partial charge in [0.1, 0.15) is 10.3 Å². The molecule has 0 saturated carbocycles. The lowest BCUT2D eigenvalue weighted by atomic mass is 10.3. The molecule has 1 rings (SSSR count). The lowest BCUT2D eigenvalue weighted by molar-refractivity contribution is 1.32. The molecule has 12 heavy (non-hydrogen) atoms. The van der Waals surface area contributed by atoms with E-state index >= 15 is 0 Å². The van der Waals surface area contributed by atoms with Gasteiger partial charge in [0, 0.05) is 11.4 Å². The predicted octanol–water partition coefficient (Wildman–Crippen LogP) is 3.64. The summed E-state index contributed by atoms with van der Waals surface area (Å²) in [6, 6.07) is 3.47. The summed E-state index contributed by atoms with van der Waals surface area (Å²) in [4.78, 5) is 3.86. The van der Waals surface area contributed by atoms with Gasteiger partial charge in [0.05, 0.1) is 0 Å². The van der Waals surface area contributed by atoms with E-state index < -0.39 is 0 Å². The van der Waals surface area contributed by atoms with E-state index in [1.807, 2.05) is 0 Å². The Hall–Kier alpha value is -0.240. The Kier molecular flexibility index (Phi) is 3.86. The lowest BCUT2D eigenvalue weighted by Crippen LogP contribution is -1.81. The summed E-state index contributed by atoms with van der Waals surface area (Å²) < 4.78 is 0. The van der Waals surface area contributed by atoms with Crippen LogP contribution in [-0.4, -0.2) is 10.9 Å². The normalized spacial score (nSPS) is 10.9. The first kappa shape index (κ1) is 9.85. The molecule has 0 atom stereocenters. The highest BCUT2D eigenvalue weighted by Crippen LogP contribution is 2.17. The second-order valence-corrected chi connectivity index (χ2v) is 3.12. The zero-order valence-corrected chi connectivity index (χ0v) is 8.37. The second kappa shape index (κ2) is 4.70. The van der Waals surface area contributed by atoms with E-state index in [9.17, 15) is 0 Å². The Balaban J connectivity index is 2.94. The summed E-state index contributed by atoms with van der Waals surface area (Å²) in [6.07, 6.45) is 3.59. The summed E-state index contributed by atoms with van der Waals surface area (Å²) in [6.45, 7) is 0. The molecular weight excluding hydrogens is 216 g/mol. The van der Waals surface area contributed by atoms with Crippen LogP contribution in [0.15, 0.2) is 18.2 Å². The third-order valence-corrected chi connectivity index (χ3v) is 1.92. The number of pyridine rings is 1. The quantitative estimate of drug-likeness (QED) is 0.550. The summed E-state index contributed by atoms with van der Waals surface area (Å²) in [5, 5.41) is 0.784. The van der Waals surface area contributed by atoms with Gasteiger partial charge in [-0.1, -0.05) is 35.4 Å². The van der Waals surface area contributed by atoms with Crippen LogP contribution in [0.3, 0.4) is 0 Å². The van der Waals surface area contributed by atoms with E-state index in [4.69, 9.17) is 34.8 Å². The van der Waals surface area contributed by atoms with Crippen LogP contribution in [-0.2, 0) is 0 Å². The largest absolute Gasteiger partial charge is 0.224 e. The van der Waals surface area contributed by atoms with Crippen molar-refractivity contribution in [2.75, 3.05) is 5.88 Å². The van der Waals surface area contributed by atoms with Gasteiger partial charge in [-0.05, 0) is 12.1 Å². The molecule has 0 aliphatic rings.